The van der Waals surface area contributed by atoms with Crippen LogP contribution >= 0.6 is 15.9 Å². The molecule has 1 aromatic rings. The molecular formula is C15H21BrN2. The first-order chi connectivity index (χ1) is 8.76. The molecule has 0 saturated carbocycles. The fourth-order valence-electron chi connectivity index (χ4n) is 1.87. The topological polar surface area (TPSA) is 35.8 Å². The highest BCUT2D eigenvalue weighted by molar-refractivity contribution is 9.10. The summed E-state index contributed by atoms with van der Waals surface area (Å²) in [6.45, 7) is 2.22. The molecule has 0 aliphatic rings. The Bertz CT molecular complexity index is 367. The number of anilines is 1. The van der Waals surface area contributed by atoms with Crippen molar-refractivity contribution in [2.45, 2.75) is 51.5 Å². The van der Waals surface area contributed by atoms with Crippen molar-refractivity contribution in [3.63, 3.8) is 0 Å². The van der Waals surface area contributed by atoms with Gasteiger partial charge in [-0.1, -0.05) is 55.0 Å². The average Bonchev–Trinajstić information content (AvgIpc) is 2.39. The Balaban J connectivity index is 2.29. The van der Waals surface area contributed by atoms with E-state index in [0.29, 0.717) is 0 Å². The number of unbranched alkanes of at least 4 members (excludes halogenated alkanes) is 4. The van der Waals surface area contributed by atoms with Gasteiger partial charge >= 0.3 is 0 Å². The second-order valence-corrected chi connectivity index (χ2v) is 5.45. The molecule has 1 N–H and O–H groups in total. The van der Waals surface area contributed by atoms with Gasteiger partial charge in [0.1, 0.15) is 6.04 Å². The van der Waals surface area contributed by atoms with Gasteiger partial charge in [-0.05, 0) is 30.7 Å². The summed E-state index contributed by atoms with van der Waals surface area (Å²) >= 11 is 3.40. The van der Waals surface area contributed by atoms with Crippen LogP contribution in [-0.2, 0) is 0 Å². The molecule has 0 spiro atoms. The van der Waals surface area contributed by atoms with Crippen molar-refractivity contribution in [1.29, 1.82) is 5.26 Å². The Kier molecular flexibility index (Phi) is 7.52. The Morgan fingerprint density at radius 1 is 1.17 bits per heavy atom. The first-order valence-corrected chi connectivity index (χ1v) is 7.47. The third-order valence-corrected chi connectivity index (χ3v) is 3.47. The van der Waals surface area contributed by atoms with Crippen molar-refractivity contribution in [2.75, 3.05) is 5.32 Å². The van der Waals surface area contributed by atoms with E-state index in [1.54, 1.807) is 0 Å². The number of halogens is 1. The fourth-order valence-corrected chi connectivity index (χ4v) is 2.13. The third kappa shape index (κ3) is 6.07. The second-order valence-electron chi connectivity index (χ2n) is 4.54. The van der Waals surface area contributed by atoms with E-state index in [0.717, 1.165) is 23.0 Å². The molecule has 1 rings (SSSR count). The van der Waals surface area contributed by atoms with Crippen molar-refractivity contribution in [2.24, 2.45) is 0 Å². The summed E-state index contributed by atoms with van der Waals surface area (Å²) in [5.41, 5.74) is 1.01. The molecule has 0 fully saturated rings. The van der Waals surface area contributed by atoms with Gasteiger partial charge in [-0.2, -0.15) is 5.26 Å². The van der Waals surface area contributed by atoms with Crippen LogP contribution in [0.2, 0.25) is 0 Å². The zero-order valence-corrected chi connectivity index (χ0v) is 12.5. The second kappa shape index (κ2) is 8.99. The fraction of sp³-hybridized carbons (Fsp3) is 0.533. The summed E-state index contributed by atoms with van der Waals surface area (Å²) in [6, 6.07) is 10.2. The lowest BCUT2D eigenvalue weighted by Crippen LogP contribution is -2.16. The summed E-state index contributed by atoms with van der Waals surface area (Å²) in [6.07, 6.45) is 7.13. The maximum Gasteiger partial charge on any atom is 0.114 e. The normalized spacial score (nSPS) is 11.8. The van der Waals surface area contributed by atoms with E-state index >= 15 is 0 Å². The minimum Gasteiger partial charge on any atom is -0.370 e. The van der Waals surface area contributed by atoms with Crippen LogP contribution in [0.5, 0.6) is 0 Å². The van der Waals surface area contributed by atoms with Gasteiger partial charge in [0, 0.05) is 10.2 Å². The van der Waals surface area contributed by atoms with Crippen LogP contribution in [0.1, 0.15) is 45.4 Å². The highest BCUT2D eigenvalue weighted by Gasteiger charge is 2.06. The molecule has 0 saturated heterocycles. The van der Waals surface area contributed by atoms with Gasteiger partial charge in [0.15, 0.2) is 0 Å². The smallest absolute Gasteiger partial charge is 0.114 e. The highest BCUT2D eigenvalue weighted by atomic mass is 79.9. The van der Waals surface area contributed by atoms with Gasteiger partial charge in [0.25, 0.3) is 0 Å². The van der Waals surface area contributed by atoms with Crippen molar-refractivity contribution in [1.82, 2.24) is 0 Å². The Hall–Kier alpha value is -1.01. The molecule has 1 aromatic carbocycles. The van der Waals surface area contributed by atoms with Crippen molar-refractivity contribution >= 4 is 21.6 Å². The molecule has 2 nitrogen and oxygen atoms in total. The SMILES string of the molecule is CCCCCCCC(C#N)Nc1ccc(Br)cc1. The van der Waals surface area contributed by atoms with E-state index < -0.39 is 0 Å². The van der Waals surface area contributed by atoms with Crippen LogP contribution in [0.25, 0.3) is 0 Å². The molecular weight excluding hydrogens is 288 g/mol. The van der Waals surface area contributed by atoms with Crippen molar-refractivity contribution in [3.8, 4) is 6.07 Å². The summed E-state index contributed by atoms with van der Waals surface area (Å²) in [7, 11) is 0. The lowest BCUT2D eigenvalue weighted by molar-refractivity contribution is 0.597. The molecule has 0 aromatic heterocycles. The van der Waals surface area contributed by atoms with Crippen molar-refractivity contribution in [3.05, 3.63) is 28.7 Å². The predicted octanol–water partition coefficient (Wildman–Crippen LogP) is 5.11. The maximum absolute atomic E-state index is 9.12. The molecule has 0 bridgehead atoms. The van der Waals surface area contributed by atoms with Gasteiger partial charge in [-0.15, -0.1) is 0 Å². The number of benzene rings is 1. The van der Waals surface area contributed by atoms with Gasteiger partial charge in [-0.3, -0.25) is 0 Å². The standard InChI is InChI=1S/C15H21BrN2/c1-2-3-4-5-6-7-15(12-17)18-14-10-8-13(16)9-11-14/h8-11,15,18H,2-7H2,1H3. The predicted molar refractivity (Wildman–Crippen MR) is 80.5 cm³/mol. The third-order valence-electron chi connectivity index (χ3n) is 2.94. The van der Waals surface area contributed by atoms with Crippen LogP contribution in [0, 0.1) is 11.3 Å². The molecule has 0 aliphatic carbocycles. The Labute approximate surface area is 119 Å². The van der Waals surface area contributed by atoms with E-state index in [1.165, 1.54) is 25.7 Å². The zero-order chi connectivity index (χ0) is 13.2. The molecule has 0 radical (unpaired) electrons. The van der Waals surface area contributed by atoms with Gasteiger partial charge in [0.2, 0.25) is 0 Å². The van der Waals surface area contributed by atoms with Crippen LogP contribution in [0.15, 0.2) is 28.7 Å². The molecule has 0 aliphatic heterocycles. The maximum atomic E-state index is 9.12. The minimum atomic E-state index is -0.0761. The Morgan fingerprint density at radius 2 is 1.83 bits per heavy atom. The van der Waals surface area contributed by atoms with Crippen LogP contribution in [0.4, 0.5) is 5.69 Å². The number of nitrogens with zero attached hydrogens (tertiary/aromatic N) is 1. The van der Waals surface area contributed by atoms with Crippen LogP contribution in [-0.4, -0.2) is 6.04 Å². The van der Waals surface area contributed by atoms with E-state index in [9.17, 15) is 0 Å². The van der Waals surface area contributed by atoms with E-state index in [2.05, 4.69) is 34.2 Å². The first kappa shape index (κ1) is 15.0. The first-order valence-electron chi connectivity index (χ1n) is 6.68. The summed E-state index contributed by atoms with van der Waals surface area (Å²) in [5.74, 6) is 0. The largest absolute Gasteiger partial charge is 0.370 e. The molecule has 18 heavy (non-hydrogen) atoms. The molecule has 1 unspecified atom stereocenters. The number of rotatable bonds is 8. The van der Waals surface area contributed by atoms with Crippen LogP contribution < -0.4 is 5.32 Å². The minimum absolute atomic E-state index is 0.0761. The monoisotopic (exact) mass is 308 g/mol. The quantitative estimate of drug-likeness (QED) is 0.677. The van der Waals surface area contributed by atoms with Crippen molar-refractivity contribution < 1.29 is 0 Å². The highest BCUT2D eigenvalue weighted by Crippen LogP contribution is 2.16. The zero-order valence-electron chi connectivity index (χ0n) is 11.0. The molecule has 1 atom stereocenters. The van der Waals surface area contributed by atoms with Crippen LogP contribution in [0.3, 0.4) is 0 Å². The lowest BCUT2D eigenvalue weighted by Gasteiger charge is -2.12. The van der Waals surface area contributed by atoms with E-state index in [4.69, 9.17) is 5.26 Å². The number of nitrogens with one attached hydrogen (secondary N) is 1. The Morgan fingerprint density at radius 3 is 2.44 bits per heavy atom. The lowest BCUT2D eigenvalue weighted by atomic mass is 10.1. The molecule has 0 heterocycles. The summed E-state index contributed by atoms with van der Waals surface area (Å²) in [4.78, 5) is 0. The average molecular weight is 309 g/mol. The van der Waals surface area contributed by atoms with E-state index in [1.807, 2.05) is 24.3 Å². The molecule has 0 amide bonds. The number of hydrogen-bond donors (Lipinski definition) is 1. The van der Waals surface area contributed by atoms with Gasteiger partial charge < -0.3 is 5.32 Å². The van der Waals surface area contributed by atoms with E-state index in [-0.39, 0.29) is 6.04 Å². The summed E-state index contributed by atoms with van der Waals surface area (Å²) < 4.78 is 1.06. The van der Waals surface area contributed by atoms with Gasteiger partial charge in [-0.25, -0.2) is 0 Å². The number of nitriles is 1. The molecule has 3 heteroatoms. The number of hydrogen-bond acceptors (Lipinski definition) is 2. The van der Waals surface area contributed by atoms with Gasteiger partial charge in [0.05, 0.1) is 6.07 Å². The summed E-state index contributed by atoms with van der Waals surface area (Å²) in [5, 5.41) is 12.4. The molecule has 98 valence electrons.